The third kappa shape index (κ3) is 5.15. The van der Waals surface area contributed by atoms with Crippen LogP contribution >= 0.6 is 23.2 Å². The molecule has 1 rings (SSSR count). The van der Waals surface area contributed by atoms with Crippen molar-refractivity contribution in [2.45, 2.75) is 33.3 Å². The summed E-state index contributed by atoms with van der Waals surface area (Å²) in [7, 11) is 0. The molecule has 0 atom stereocenters. The van der Waals surface area contributed by atoms with Crippen LogP contribution in [0.15, 0.2) is 12.1 Å². The number of nitrogens with zero attached hydrogens (tertiary/aromatic N) is 1. The molecule has 90 valence electrons. The molecular formula is C12H17Cl2NO. The highest BCUT2D eigenvalue weighted by Gasteiger charge is 2.03. The van der Waals surface area contributed by atoms with Gasteiger partial charge >= 0.3 is 0 Å². The molecule has 0 bridgehead atoms. The van der Waals surface area contributed by atoms with Crippen LogP contribution in [-0.2, 0) is 11.3 Å². The quantitative estimate of drug-likeness (QED) is 0.562. The van der Waals surface area contributed by atoms with E-state index in [-0.39, 0.29) is 0 Å². The maximum Gasteiger partial charge on any atom is 0.129 e. The summed E-state index contributed by atoms with van der Waals surface area (Å²) in [5.41, 5.74) is 0.707. The minimum atomic E-state index is 0.428. The first-order valence-corrected chi connectivity index (χ1v) is 6.24. The number of halogens is 2. The topological polar surface area (TPSA) is 22.1 Å². The molecule has 2 nitrogen and oxygen atoms in total. The molecule has 0 amide bonds. The second-order valence-corrected chi connectivity index (χ2v) is 4.95. The Kier molecular flexibility index (Phi) is 6.10. The molecule has 1 aromatic rings. The van der Waals surface area contributed by atoms with E-state index in [1.54, 1.807) is 12.1 Å². The molecule has 0 unspecified atom stereocenters. The van der Waals surface area contributed by atoms with Gasteiger partial charge in [-0.15, -0.1) is 0 Å². The Morgan fingerprint density at radius 2 is 2.06 bits per heavy atom. The Morgan fingerprint density at radius 1 is 1.31 bits per heavy atom. The first-order chi connectivity index (χ1) is 7.59. The molecule has 1 aromatic heterocycles. The Labute approximate surface area is 107 Å². The highest BCUT2D eigenvalue weighted by atomic mass is 35.5. The number of ether oxygens (including phenoxy) is 1. The maximum absolute atomic E-state index is 5.96. The van der Waals surface area contributed by atoms with Crippen LogP contribution in [-0.4, -0.2) is 11.6 Å². The summed E-state index contributed by atoms with van der Waals surface area (Å²) in [4.78, 5) is 4.11. The fourth-order valence-electron chi connectivity index (χ4n) is 1.32. The van der Waals surface area contributed by atoms with Crippen molar-refractivity contribution in [3.05, 3.63) is 28.0 Å². The molecule has 0 radical (unpaired) electrons. The SMILES string of the molecule is CC(C)CCCOCc1nc(Cl)ccc1Cl. The molecule has 0 aliphatic carbocycles. The van der Waals surface area contributed by atoms with Crippen LogP contribution in [0.4, 0.5) is 0 Å². The summed E-state index contributed by atoms with van der Waals surface area (Å²) in [6, 6.07) is 3.41. The number of hydrogen-bond acceptors (Lipinski definition) is 2. The summed E-state index contributed by atoms with van der Waals surface area (Å²) in [5.74, 6) is 0.719. The van der Waals surface area contributed by atoms with Gasteiger partial charge in [0.15, 0.2) is 0 Å². The van der Waals surface area contributed by atoms with Crippen molar-refractivity contribution in [2.24, 2.45) is 5.92 Å². The van der Waals surface area contributed by atoms with Crippen molar-refractivity contribution < 1.29 is 4.74 Å². The summed E-state index contributed by atoms with van der Waals surface area (Å²) >= 11 is 11.7. The lowest BCUT2D eigenvalue weighted by Gasteiger charge is -2.07. The average Bonchev–Trinajstić information content (AvgIpc) is 2.22. The Morgan fingerprint density at radius 3 is 2.75 bits per heavy atom. The molecule has 1 heterocycles. The minimum Gasteiger partial charge on any atom is -0.375 e. The lowest BCUT2D eigenvalue weighted by Crippen LogP contribution is -2.00. The highest BCUT2D eigenvalue weighted by Crippen LogP contribution is 2.17. The fraction of sp³-hybridized carbons (Fsp3) is 0.583. The van der Waals surface area contributed by atoms with E-state index in [0.29, 0.717) is 22.5 Å². The predicted octanol–water partition coefficient (Wildman–Crippen LogP) is 4.34. The molecule has 0 aliphatic rings. The summed E-state index contributed by atoms with van der Waals surface area (Å²) in [6.45, 7) is 5.57. The molecule has 0 saturated carbocycles. The normalized spacial score (nSPS) is 11.1. The lowest BCUT2D eigenvalue weighted by molar-refractivity contribution is 0.112. The molecule has 4 heteroatoms. The molecule has 16 heavy (non-hydrogen) atoms. The summed E-state index contributed by atoms with van der Waals surface area (Å²) in [6.07, 6.45) is 2.24. The third-order valence-electron chi connectivity index (χ3n) is 2.19. The molecule has 0 spiro atoms. The van der Waals surface area contributed by atoms with Gasteiger partial charge in [-0.3, -0.25) is 0 Å². The second kappa shape index (κ2) is 7.10. The van der Waals surface area contributed by atoms with Gasteiger partial charge in [0.25, 0.3) is 0 Å². The van der Waals surface area contributed by atoms with Gasteiger partial charge in [0.05, 0.1) is 17.3 Å². The van der Waals surface area contributed by atoms with Crippen LogP contribution in [0, 0.1) is 5.92 Å². The Balaban J connectivity index is 2.29. The van der Waals surface area contributed by atoms with E-state index >= 15 is 0 Å². The zero-order valence-electron chi connectivity index (χ0n) is 9.67. The number of rotatable bonds is 6. The van der Waals surface area contributed by atoms with E-state index in [1.165, 1.54) is 6.42 Å². The van der Waals surface area contributed by atoms with Crippen LogP contribution in [0.2, 0.25) is 10.2 Å². The van der Waals surface area contributed by atoms with Crippen LogP contribution in [0.5, 0.6) is 0 Å². The first-order valence-electron chi connectivity index (χ1n) is 5.48. The van der Waals surface area contributed by atoms with Gasteiger partial charge in [0, 0.05) is 6.61 Å². The van der Waals surface area contributed by atoms with Gasteiger partial charge in [0.1, 0.15) is 5.15 Å². The predicted molar refractivity (Wildman–Crippen MR) is 68.0 cm³/mol. The van der Waals surface area contributed by atoms with Gasteiger partial charge in [0.2, 0.25) is 0 Å². The zero-order chi connectivity index (χ0) is 12.0. The van der Waals surface area contributed by atoms with E-state index in [2.05, 4.69) is 18.8 Å². The van der Waals surface area contributed by atoms with Crippen molar-refractivity contribution in [1.82, 2.24) is 4.98 Å². The van der Waals surface area contributed by atoms with Crippen LogP contribution in [0.1, 0.15) is 32.4 Å². The standard InChI is InChI=1S/C12H17Cl2NO/c1-9(2)4-3-7-16-8-11-10(13)5-6-12(14)15-11/h5-6,9H,3-4,7-8H2,1-2H3. The largest absolute Gasteiger partial charge is 0.375 e. The third-order valence-corrected chi connectivity index (χ3v) is 2.75. The zero-order valence-corrected chi connectivity index (χ0v) is 11.2. The van der Waals surface area contributed by atoms with E-state index in [9.17, 15) is 0 Å². The average molecular weight is 262 g/mol. The molecule has 0 fully saturated rings. The first kappa shape index (κ1) is 13.8. The lowest BCUT2D eigenvalue weighted by atomic mass is 10.1. The van der Waals surface area contributed by atoms with Crippen molar-refractivity contribution in [1.29, 1.82) is 0 Å². The van der Waals surface area contributed by atoms with Gasteiger partial charge in [-0.1, -0.05) is 37.0 Å². The summed E-state index contributed by atoms with van der Waals surface area (Å²) in [5, 5.41) is 1.05. The second-order valence-electron chi connectivity index (χ2n) is 4.15. The molecule has 0 aromatic carbocycles. The van der Waals surface area contributed by atoms with E-state index in [0.717, 1.165) is 18.9 Å². The minimum absolute atomic E-state index is 0.428. The van der Waals surface area contributed by atoms with Gasteiger partial charge in [-0.05, 0) is 30.9 Å². The highest BCUT2D eigenvalue weighted by molar-refractivity contribution is 6.32. The van der Waals surface area contributed by atoms with Crippen LogP contribution in [0.25, 0.3) is 0 Å². The maximum atomic E-state index is 5.96. The fourth-order valence-corrected chi connectivity index (χ4v) is 1.65. The number of aromatic nitrogens is 1. The Hall–Kier alpha value is -0.310. The van der Waals surface area contributed by atoms with Crippen molar-refractivity contribution in [2.75, 3.05) is 6.61 Å². The van der Waals surface area contributed by atoms with Crippen LogP contribution < -0.4 is 0 Å². The molecule has 0 N–H and O–H groups in total. The van der Waals surface area contributed by atoms with Gasteiger partial charge < -0.3 is 4.74 Å². The summed E-state index contributed by atoms with van der Waals surface area (Å²) < 4.78 is 5.50. The van der Waals surface area contributed by atoms with E-state index < -0.39 is 0 Å². The van der Waals surface area contributed by atoms with Gasteiger partial charge in [-0.25, -0.2) is 4.98 Å². The van der Waals surface area contributed by atoms with E-state index in [4.69, 9.17) is 27.9 Å². The smallest absolute Gasteiger partial charge is 0.129 e. The van der Waals surface area contributed by atoms with Crippen molar-refractivity contribution in [3.8, 4) is 0 Å². The van der Waals surface area contributed by atoms with Crippen molar-refractivity contribution in [3.63, 3.8) is 0 Å². The molecular weight excluding hydrogens is 245 g/mol. The van der Waals surface area contributed by atoms with Gasteiger partial charge in [-0.2, -0.15) is 0 Å². The number of pyridine rings is 1. The van der Waals surface area contributed by atoms with Crippen molar-refractivity contribution >= 4 is 23.2 Å². The van der Waals surface area contributed by atoms with E-state index in [1.807, 2.05) is 0 Å². The Bertz CT molecular complexity index is 329. The molecule has 0 saturated heterocycles. The van der Waals surface area contributed by atoms with Crippen LogP contribution in [0.3, 0.4) is 0 Å². The molecule has 0 aliphatic heterocycles. The number of hydrogen-bond donors (Lipinski definition) is 0. The monoisotopic (exact) mass is 261 g/mol.